The van der Waals surface area contributed by atoms with E-state index in [1.807, 2.05) is 19.1 Å². The number of methoxy groups -OCH3 is 2. The van der Waals surface area contributed by atoms with Gasteiger partial charge in [-0.25, -0.2) is 14.4 Å². The molecule has 3 rings (SSSR count). The largest absolute Gasteiger partial charge is 0.495 e. The Morgan fingerprint density at radius 2 is 1.72 bits per heavy atom. The van der Waals surface area contributed by atoms with Crippen LogP contribution >= 0.6 is 23.2 Å². The number of hydrogen-bond donors (Lipinski definition) is 2. The highest BCUT2D eigenvalue weighted by Gasteiger charge is 2.20. The van der Waals surface area contributed by atoms with Gasteiger partial charge in [-0.05, 0) is 57.0 Å². The lowest BCUT2D eigenvalue weighted by atomic mass is 10.1. The van der Waals surface area contributed by atoms with Crippen molar-refractivity contribution in [2.24, 2.45) is 9.98 Å². The van der Waals surface area contributed by atoms with E-state index in [4.69, 9.17) is 32.7 Å². The number of rotatable bonds is 10. The highest BCUT2D eigenvalue weighted by Crippen LogP contribution is 2.42. The number of piperazine rings is 1. The van der Waals surface area contributed by atoms with Crippen molar-refractivity contribution < 1.29 is 18.7 Å². The lowest BCUT2D eigenvalue weighted by Crippen LogP contribution is -2.46. The maximum Gasteiger partial charge on any atom is 0.247 e. The Bertz CT molecular complexity index is 1440. The molecule has 1 heterocycles. The fourth-order valence-electron chi connectivity index (χ4n) is 4.44. The van der Waals surface area contributed by atoms with Crippen molar-refractivity contribution in [3.63, 3.8) is 0 Å². The monoisotopic (exact) mass is 630 g/mol. The number of amides is 1. The molecule has 1 aliphatic heterocycles. The Kier molecular flexibility index (Phi) is 12.2. The smallest absolute Gasteiger partial charge is 0.247 e. The zero-order chi connectivity index (χ0) is 31.7. The molecule has 9 nitrogen and oxygen atoms in total. The van der Waals surface area contributed by atoms with E-state index in [0.717, 1.165) is 44.0 Å². The van der Waals surface area contributed by atoms with Gasteiger partial charge < -0.3 is 29.9 Å². The van der Waals surface area contributed by atoms with Crippen LogP contribution in [0.15, 0.2) is 58.4 Å². The van der Waals surface area contributed by atoms with E-state index in [-0.39, 0.29) is 44.5 Å². The van der Waals surface area contributed by atoms with Gasteiger partial charge in [0.25, 0.3) is 0 Å². The molecular formula is C31H37Cl2FN6O3. The third-order valence-electron chi connectivity index (χ3n) is 6.97. The number of halogens is 3. The van der Waals surface area contributed by atoms with Crippen LogP contribution in [0.1, 0.15) is 25.0 Å². The van der Waals surface area contributed by atoms with Crippen LogP contribution < -0.4 is 25.0 Å². The van der Waals surface area contributed by atoms with Crippen molar-refractivity contribution in [1.82, 2.24) is 4.90 Å². The minimum Gasteiger partial charge on any atom is -0.495 e. The summed E-state index contributed by atoms with van der Waals surface area (Å²) in [5, 5.41) is 6.25. The van der Waals surface area contributed by atoms with Gasteiger partial charge in [0.05, 0.1) is 35.6 Å². The first kappa shape index (κ1) is 33.6. The minimum atomic E-state index is -0.645. The van der Waals surface area contributed by atoms with E-state index >= 15 is 4.39 Å². The van der Waals surface area contributed by atoms with E-state index in [1.54, 1.807) is 0 Å². The number of carbonyl (C=O) groups excluding carboxylic acids is 1. The molecule has 0 aliphatic carbocycles. The average molecular weight is 632 g/mol. The molecule has 230 valence electrons. The number of benzene rings is 2. The molecule has 0 aromatic heterocycles. The van der Waals surface area contributed by atoms with Crippen LogP contribution in [-0.4, -0.2) is 70.4 Å². The lowest BCUT2D eigenvalue weighted by molar-refractivity contribution is -0.111. The maximum atomic E-state index is 15.3. The normalized spacial score (nSPS) is 14.8. The SMILES string of the molecule is C=CC(=O)Nc1cc(N2CCN(CC)CC2)cc(C)c1NC(N=C)=N/C=C(C)/C(F)=C/c1c(Cl)c(OC)cc(OC)c1Cl. The van der Waals surface area contributed by atoms with Crippen LogP contribution in [0.5, 0.6) is 11.5 Å². The summed E-state index contributed by atoms with van der Waals surface area (Å²) in [6.45, 7) is 17.4. The topological polar surface area (TPSA) is 90.8 Å². The molecule has 1 fully saturated rings. The molecular weight excluding hydrogens is 594 g/mol. The van der Waals surface area contributed by atoms with E-state index in [1.165, 1.54) is 45.6 Å². The van der Waals surface area contributed by atoms with E-state index in [2.05, 4.69) is 50.6 Å². The number of likely N-dealkylation sites (N-methyl/N-ethyl adjacent to an activating group) is 1. The molecule has 1 saturated heterocycles. The van der Waals surface area contributed by atoms with Crippen LogP contribution in [0.4, 0.5) is 21.5 Å². The first-order valence-corrected chi connectivity index (χ1v) is 14.3. The van der Waals surface area contributed by atoms with Crippen LogP contribution in [0.2, 0.25) is 10.0 Å². The van der Waals surface area contributed by atoms with Gasteiger partial charge >= 0.3 is 0 Å². The van der Waals surface area contributed by atoms with Gasteiger partial charge in [0.1, 0.15) is 17.3 Å². The maximum absolute atomic E-state index is 15.3. The number of hydrogen-bond acceptors (Lipinski definition) is 6. The van der Waals surface area contributed by atoms with E-state index < -0.39 is 5.83 Å². The number of aliphatic imine (C=N–C) groups is 2. The second-order valence-corrected chi connectivity index (χ2v) is 10.4. The molecule has 2 N–H and O–H groups in total. The lowest BCUT2D eigenvalue weighted by Gasteiger charge is -2.36. The summed E-state index contributed by atoms with van der Waals surface area (Å²) in [5.74, 6) is -0.350. The highest BCUT2D eigenvalue weighted by atomic mass is 35.5. The summed E-state index contributed by atoms with van der Waals surface area (Å²) in [6, 6.07) is 5.46. The van der Waals surface area contributed by atoms with E-state index in [9.17, 15) is 4.79 Å². The van der Waals surface area contributed by atoms with Crippen molar-refractivity contribution in [3.05, 3.63) is 69.6 Å². The van der Waals surface area contributed by atoms with Crippen LogP contribution in [0.3, 0.4) is 0 Å². The fourth-order valence-corrected chi connectivity index (χ4v) is 5.05. The summed E-state index contributed by atoms with van der Waals surface area (Å²) in [6.07, 6.45) is 3.67. The third kappa shape index (κ3) is 8.37. The first-order valence-electron chi connectivity index (χ1n) is 13.6. The number of carbonyl (C=O) groups is 1. The Hall–Kier alpha value is -3.86. The van der Waals surface area contributed by atoms with Crippen molar-refractivity contribution in [3.8, 4) is 11.5 Å². The molecule has 0 saturated carbocycles. The Morgan fingerprint density at radius 3 is 2.26 bits per heavy atom. The number of nitrogens with zero attached hydrogens (tertiary/aromatic N) is 4. The predicted octanol–water partition coefficient (Wildman–Crippen LogP) is 6.97. The second-order valence-electron chi connectivity index (χ2n) is 9.66. The molecule has 1 amide bonds. The summed E-state index contributed by atoms with van der Waals surface area (Å²) < 4.78 is 25.8. The van der Waals surface area contributed by atoms with Gasteiger partial charge in [-0.3, -0.25) is 4.79 Å². The molecule has 0 unspecified atom stereocenters. The fraction of sp³-hybridized carbons (Fsp3) is 0.323. The zero-order valence-electron chi connectivity index (χ0n) is 25.1. The van der Waals surface area contributed by atoms with Gasteiger partial charge in [-0.1, -0.05) is 36.7 Å². The number of allylic oxidation sites excluding steroid dienone is 2. The summed E-state index contributed by atoms with van der Waals surface area (Å²) in [7, 11) is 2.87. The zero-order valence-corrected chi connectivity index (χ0v) is 26.6. The predicted molar refractivity (Wildman–Crippen MR) is 177 cm³/mol. The molecule has 2 aromatic carbocycles. The summed E-state index contributed by atoms with van der Waals surface area (Å²) in [5.41, 5.74) is 3.28. The molecule has 0 atom stereocenters. The van der Waals surface area contributed by atoms with Gasteiger partial charge in [0, 0.05) is 55.3 Å². The quantitative estimate of drug-likeness (QED) is 0.128. The van der Waals surface area contributed by atoms with Crippen LogP contribution in [-0.2, 0) is 4.79 Å². The number of nitrogens with one attached hydrogen (secondary N) is 2. The molecule has 0 bridgehead atoms. The average Bonchev–Trinajstić information content (AvgIpc) is 3.01. The van der Waals surface area contributed by atoms with Gasteiger partial charge in [-0.15, -0.1) is 0 Å². The highest BCUT2D eigenvalue weighted by molar-refractivity contribution is 6.39. The number of anilines is 3. The standard InChI is InChI=1S/C31H37Cl2FN6O3/c1-8-27(41)37-24-15-21(40-12-10-39(9-2)11-13-40)14-19(3)30(24)38-31(35-5)36-18-20(4)23(34)16-22-28(32)25(42-6)17-26(43-7)29(22)33/h8,14-18H,1,5,9-13H2,2-4,6-7H3,(H,36,38)(H,37,41)/b20-18+,23-16-. The molecule has 12 heteroatoms. The molecule has 0 spiro atoms. The number of aryl methyl sites for hydroxylation is 1. The molecule has 1 aliphatic rings. The molecule has 0 radical (unpaired) electrons. The minimum absolute atomic E-state index is 0.0905. The summed E-state index contributed by atoms with van der Waals surface area (Å²) >= 11 is 12.8. The third-order valence-corrected chi connectivity index (χ3v) is 7.75. The van der Waals surface area contributed by atoms with Gasteiger partial charge in [0.2, 0.25) is 11.9 Å². The number of ether oxygens (including phenoxy) is 2. The van der Waals surface area contributed by atoms with Crippen LogP contribution in [0.25, 0.3) is 6.08 Å². The van der Waals surface area contributed by atoms with Crippen molar-refractivity contribution in [1.29, 1.82) is 0 Å². The molecule has 2 aromatic rings. The molecule has 43 heavy (non-hydrogen) atoms. The van der Waals surface area contributed by atoms with Crippen molar-refractivity contribution >= 4 is 64.9 Å². The Labute approximate surface area is 262 Å². The van der Waals surface area contributed by atoms with Crippen molar-refractivity contribution in [2.75, 3.05) is 62.5 Å². The Morgan fingerprint density at radius 1 is 1.09 bits per heavy atom. The summed E-state index contributed by atoms with van der Waals surface area (Å²) in [4.78, 5) is 25.2. The van der Waals surface area contributed by atoms with Crippen LogP contribution in [0, 0.1) is 6.92 Å². The van der Waals surface area contributed by atoms with E-state index in [0.29, 0.717) is 11.4 Å². The van der Waals surface area contributed by atoms with Gasteiger partial charge in [0.15, 0.2) is 0 Å². The number of guanidine groups is 1. The first-order chi connectivity index (χ1) is 20.6. The van der Waals surface area contributed by atoms with Gasteiger partial charge in [-0.2, -0.15) is 0 Å². The van der Waals surface area contributed by atoms with Crippen molar-refractivity contribution in [2.45, 2.75) is 20.8 Å². The second kappa shape index (κ2) is 15.6. The Balaban J connectivity index is 1.93.